The Bertz CT molecular complexity index is 533. The number of hydrogen-bond acceptors (Lipinski definition) is 4. The lowest BCUT2D eigenvalue weighted by Crippen LogP contribution is -2.03. The molecule has 0 bridgehead atoms. The molecular formula is C10H7Br2NOS2. The molecule has 0 saturated heterocycles. The third-order valence-electron chi connectivity index (χ3n) is 1.97. The van der Waals surface area contributed by atoms with E-state index in [1.165, 1.54) is 11.3 Å². The summed E-state index contributed by atoms with van der Waals surface area (Å²) in [7, 11) is 0. The van der Waals surface area contributed by atoms with Gasteiger partial charge in [0.2, 0.25) is 0 Å². The van der Waals surface area contributed by atoms with E-state index in [9.17, 15) is 4.79 Å². The number of thiazole rings is 1. The fraction of sp³-hybridized carbons (Fsp3) is 0.200. The van der Waals surface area contributed by atoms with Gasteiger partial charge >= 0.3 is 0 Å². The molecule has 0 radical (unpaired) electrons. The predicted molar refractivity (Wildman–Crippen MR) is 74.6 cm³/mol. The van der Waals surface area contributed by atoms with Crippen LogP contribution in [0.2, 0.25) is 0 Å². The summed E-state index contributed by atoms with van der Waals surface area (Å²) in [6, 6.07) is 1.84. The minimum absolute atomic E-state index is 0.0964. The van der Waals surface area contributed by atoms with Crippen molar-refractivity contribution in [3.63, 3.8) is 0 Å². The molecule has 0 aliphatic carbocycles. The lowest BCUT2D eigenvalue weighted by molar-refractivity contribution is 0.0992. The number of halogens is 2. The monoisotopic (exact) mass is 379 g/mol. The normalized spacial score (nSPS) is 10.7. The zero-order valence-electron chi connectivity index (χ0n) is 8.29. The highest BCUT2D eigenvalue weighted by atomic mass is 79.9. The van der Waals surface area contributed by atoms with Gasteiger partial charge in [0, 0.05) is 10.9 Å². The first-order valence-corrected chi connectivity index (χ1v) is 7.73. The molecule has 0 amide bonds. The second-order valence-corrected chi connectivity index (χ2v) is 8.01. The number of hydrogen-bond donors (Lipinski definition) is 0. The van der Waals surface area contributed by atoms with Gasteiger partial charge in [0.05, 0.1) is 24.7 Å². The molecule has 0 aliphatic rings. The van der Waals surface area contributed by atoms with Crippen LogP contribution in [0.4, 0.5) is 0 Å². The number of carbonyl (C=O) groups excluding carboxylic acids is 1. The summed E-state index contributed by atoms with van der Waals surface area (Å²) in [6.07, 6.45) is 0.367. The number of aromatic nitrogens is 1. The van der Waals surface area contributed by atoms with Gasteiger partial charge in [-0.05, 0) is 44.8 Å². The summed E-state index contributed by atoms with van der Waals surface area (Å²) in [5.74, 6) is 0.0964. The van der Waals surface area contributed by atoms with Crippen molar-refractivity contribution in [1.29, 1.82) is 0 Å². The average molecular weight is 381 g/mol. The fourth-order valence-corrected chi connectivity index (χ4v) is 4.75. The van der Waals surface area contributed by atoms with Gasteiger partial charge in [0.15, 0.2) is 5.78 Å². The van der Waals surface area contributed by atoms with Crippen molar-refractivity contribution >= 4 is 60.3 Å². The van der Waals surface area contributed by atoms with Gasteiger partial charge in [0.1, 0.15) is 0 Å². The van der Waals surface area contributed by atoms with E-state index in [4.69, 9.17) is 0 Å². The predicted octanol–water partition coefficient (Wildman–Crippen LogP) is 4.46. The molecule has 2 rings (SSSR count). The van der Waals surface area contributed by atoms with Crippen molar-refractivity contribution in [2.45, 2.75) is 13.3 Å². The maximum Gasteiger partial charge on any atom is 0.170 e. The fourth-order valence-electron chi connectivity index (χ4n) is 1.28. The Hall–Kier alpha value is -0.0400. The third kappa shape index (κ3) is 2.80. The molecule has 6 heteroatoms. The van der Waals surface area contributed by atoms with E-state index in [0.29, 0.717) is 6.42 Å². The minimum Gasteiger partial charge on any atom is -0.294 e. The van der Waals surface area contributed by atoms with Crippen LogP contribution in [0.1, 0.15) is 21.1 Å². The Kier molecular flexibility index (Phi) is 3.94. The number of carbonyl (C=O) groups is 1. The van der Waals surface area contributed by atoms with Crippen molar-refractivity contribution < 1.29 is 4.79 Å². The summed E-state index contributed by atoms with van der Waals surface area (Å²) in [4.78, 5) is 16.3. The molecule has 0 aromatic carbocycles. The topological polar surface area (TPSA) is 30.0 Å². The van der Waals surface area contributed by atoms with Gasteiger partial charge in [-0.15, -0.1) is 22.7 Å². The summed E-state index contributed by atoms with van der Waals surface area (Å²) in [6.45, 7) is 1.94. The Morgan fingerprint density at radius 1 is 1.50 bits per heavy atom. The first kappa shape index (κ1) is 12.4. The molecule has 0 unspecified atom stereocenters. The van der Waals surface area contributed by atoms with E-state index < -0.39 is 0 Å². The van der Waals surface area contributed by atoms with Crippen LogP contribution in [0.5, 0.6) is 0 Å². The molecular weight excluding hydrogens is 374 g/mol. The first-order valence-electron chi connectivity index (χ1n) is 4.45. The smallest absolute Gasteiger partial charge is 0.170 e. The largest absolute Gasteiger partial charge is 0.294 e. The van der Waals surface area contributed by atoms with E-state index >= 15 is 0 Å². The molecule has 84 valence electrons. The van der Waals surface area contributed by atoms with Crippen LogP contribution in [0, 0.1) is 6.92 Å². The molecule has 2 aromatic rings. The Morgan fingerprint density at radius 3 is 2.75 bits per heavy atom. The number of thiophene rings is 1. The SMILES string of the molecule is Cc1nc(CC(=O)c2cc(Br)sc2Br)cs1. The molecule has 0 N–H and O–H groups in total. The third-order valence-corrected chi connectivity index (χ3v) is 5.13. The number of aryl methyl sites for hydroxylation is 1. The Balaban J connectivity index is 2.17. The quantitative estimate of drug-likeness (QED) is 0.735. The highest BCUT2D eigenvalue weighted by Crippen LogP contribution is 2.32. The minimum atomic E-state index is 0.0964. The summed E-state index contributed by atoms with van der Waals surface area (Å²) >= 11 is 9.83. The van der Waals surface area contributed by atoms with Crippen LogP contribution >= 0.6 is 54.5 Å². The highest BCUT2D eigenvalue weighted by molar-refractivity contribution is 9.12. The number of rotatable bonds is 3. The van der Waals surface area contributed by atoms with Gasteiger partial charge in [0.25, 0.3) is 0 Å². The van der Waals surface area contributed by atoms with Crippen molar-refractivity contribution in [3.8, 4) is 0 Å². The molecule has 0 fully saturated rings. The standard InChI is InChI=1S/C10H7Br2NOS2/c1-5-13-6(4-15-5)2-8(14)7-3-9(11)16-10(7)12/h3-4H,2H2,1H3. The van der Waals surface area contributed by atoms with Crippen molar-refractivity contribution in [2.24, 2.45) is 0 Å². The van der Waals surface area contributed by atoms with E-state index in [1.807, 2.05) is 18.4 Å². The van der Waals surface area contributed by atoms with Gasteiger partial charge < -0.3 is 0 Å². The van der Waals surface area contributed by atoms with Crippen molar-refractivity contribution in [3.05, 3.63) is 35.3 Å². The molecule has 16 heavy (non-hydrogen) atoms. The molecule has 0 spiro atoms. The summed E-state index contributed by atoms with van der Waals surface area (Å²) in [5.41, 5.74) is 1.57. The second-order valence-electron chi connectivity index (χ2n) is 3.20. The van der Waals surface area contributed by atoms with Crippen LogP contribution in [0.25, 0.3) is 0 Å². The van der Waals surface area contributed by atoms with E-state index in [2.05, 4.69) is 36.8 Å². The molecule has 2 aromatic heterocycles. The van der Waals surface area contributed by atoms with Crippen molar-refractivity contribution in [1.82, 2.24) is 4.98 Å². The van der Waals surface area contributed by atoms with Crippen LogP contribution in [-0.4, -0.2) is 10.8 Å². The average Bonchev–Trinajstić information content (AvgIpc) is 2.73. The summed E-state index contributed by atoms with van der Waals surface area (Å²) < 4.78 is 1.83. The van der Waals surface area contributed by atoms with Crippen LogP contribution in [0.3, 0.4) is 0 Å². The molecule has 2 heterocycles. The second kappa shape index (κ2) is 5.08. The van der Waals surface area contributed by atoms with E-state index in [0.717, 1.165) is 23.8 Å². The number of nitrogens with zero attached hydrogens (tertiary/aromatic N) is 1. The number of Topliss-reactive ketones (excluding diaryl/α,β-unsaturated/α-hetero) is 1. The zero-order chi connectivity index (χ0) is 11.7. The zero-order valence-corrected chi connectivity index (χ0v) is 13.1. The van der Waals surface area contributed by atoms with Gasteiger partial charge in [-0.3, -0.25) is 4.79 Å². The summed E-state index contributed by atoms with van der Waals surface area (Å²) in [5, 5.41) is 2.93. The Labute approximate surface area is 118 Å². The van der Waals surface area contributed by atoms with Crippen LogP contribution < -0.4 is 0 Å². The highest BCUT2D eigenvalue weighted by Gasteiger charge is 2.15. The lowest BCUT2D eigenvalue weighted by Gasteiger charge is -1.95. The maximum absolute atomic E-state index is 12.0. The van der Waals surface area contributed by atoms with E-state index in [1.54, 1.807) is 11.3 Å². The van der Waals surface area contributed by atoms with Crippen LogP contribution in [0.15, 0.2) is 19.0 Å². The van der Waals surface area contributed by atoms with Crippen LogP contribution in [-0.2, 0) is 6.42 Å². The van der Waals surface area contributed by atoms with Crippen molar-refractivity contribution in [2.75, 3.05) is 0 Å². The molecule has 0 atom stereocenters. The molecule has 2 nitrogen and oxygen atoms in total. The lowest BCUT2D eigenvalue weighted by atomic mass is 10.1. The molecule has 0 aliphatic heterocycles. The first-order chi connectivity index (χ1) is 7.56. The van der Waals surface area contributed by atoms with Gasteiger partial charge in [-0.2, -0.15) is 0 Å². The molecule has 0 saturated carbocycles. The maximum atomic E-state index is 12.0. The van der Waals surface area contributed by atoms with E-state index in [-0.39, 0.29) is 5.78 Å². The van der Waals surface area contributed by atoms with Gasteiger partial charge in [-0.1, -0.05) is 0 Å². The van der Waals surface area contributed by atoms with Gasteiger partial charge in [-0.25, -0.2) is 4.98 Å². The Morgan fingerprint density at radius 2 is 2.25 bits per heavy atom. The number of ketones is 1.